The summed E-state index contributed by atoms with van der Waals surface area (Å²) in [6, 6.07) is 12.8. The summed E-state index contributed by atoms with van der Waals surface area (Å²) in [5.74, 6) is -0.743. The number of benzene rings is 2. The van der Waals surface area contributed by atoms with Gasteiger partial charge in [0.05, 0.1) is 19.2 Å². The second kappa shape index (κ2) is 8.66. The first-order chi connectivity index (χ1) is 13.1. The standard InChI is InChI=1S/C21H23FN2O3/c1-27-20(25)17-7-5-16(6-8-17)15-24(19-11-9-18(22)10-12-19)21(26)23-13-3-2-4-14-23/h5-12H,2-4,13-15H2,1H3. The van der Waals surface area contributed by atoms with Crippen molar-refractivity contribution in [2.24, 2.45) is 0 Å². The zero-order valence-electron chi connectivity index (χ0n) is 15.4. The summed E-state index contributed by atoms with van der Waals surface area (Å²) in [6.07, 6.45) is 3.13. The molecule has 6 heteroatoms. The highest BCUT2D eigenvalue weighted by atomic mass is 19.1. The van der Waals surface area contributed by atoms with Crippen LogP contribution < -0.4 is 4.90 Å². The maximum absolute atomic E-state index is 13.3. The number of rotatable bonds is 4. The fourth-order valence-corrected chi connectivity index (χ4v) is 3.19. The number of anilines is 1. The molecule has 0 atom stereocenters. The summed E-state index contributed by atoms with van der Waals surface area (Å²) in [6.45, 7) is 1.80. The molecule has 0 radical (unpaired) electrons. The number of piperidine rings is 1. The molecule has 1 aliphatic rings. The Labute approximate surface area is 158 Å². The Balaban J connectivity index is 1.83. The average Bonchev–Trinajstić information content (AvgIpc) is 2.73. The molecular formula is C21H23FN2O3. The average molecular weight is 370 g/mol. The Bertz CT molecular complexity index is 784. The van der Waals surface area contributed by atoms with Gasteiger partial charge in [-0.3, -0.25) is 4.90 Å². The minimum atomic E-state index is -0.402. The minimum absolute atomic E-state index is 0.0849. The van der Waals surface area contributed by atoms with Gasteiger partial charge in [-0.2, -0.15) is 0 Å². The van der Waals surface area contributed by atoms with Crippen LogP contribution in [-0.2, 0) is 11.3 Å². The van der Waals surface area contributed by atoms with E-state index in [2.05, 4.69) is 0 Å². The van der Waals surface area contributed by atoms with Crippen molar-refractivity contribution < 1.29 is 18.7 Å². The molecule has 1 heterocycles. The first-order valence-electron chi connectivity index (χ1n) is 9.08. The molecule has 3 rings (SSSR count). The summed E-state index contributed by atoms with van der Waals surface area (Å²) in [4.78, 5) is 28.2. The van der Waals surface area contributed by atoms with Crippen molar-refractivity contribution >= 4 is 17.7 Å². The van der Waals surface area contributed by atoms with Gasteiger partial charge in [0.2, 0.25) is 0 Å². The van der Waals surface area contributed by atoms with Crippen LogP contribution in [0.2, 0.25) is 0 Å². The normalized spacial score (nSPS) is 13.9. The molecule has 0 saturated carbocycles. The number of hydrogen-bond acceptors (Lipinski definition) is 3. The van der Waals surface area contributed by atoms with Gasteiger partial charge >= 0.3 is 12.0 Å². The number of urea groups is 1. The van der Waals surface area contributed by atoms with E-state index < -0.39 is 5.97 Å². The molecule has 0 spiro atoms. The van der Waals surface area contributed by atoms with Crippen LogP contribution in [-0.4, -0.2) is 37.1 Å². The lowest BCUT2D eigenvalue weighted by atomic mass is 10.1. The minimum Gasteiger partial charge on any atom is -0.465 e. The van der Waals surface area contributed by atoms with Crippen LogP contribution in [0.1, 0.15) is 35.2 Å². The lowest BCUT2D eigenvalue weighted by Gasteiger charge is -2.33. The van der Waals surface area contributed by atoms with Crippen LogP contribution in [0.15, 0.2) is 48.5 Å². The molecule has 0 aromatic heterocycles. The third-order valence-electron chi connectivity index (χ3n) is 4.71. The van der Waals surface area contributed by atoms with Crippen molar-refractivity contribution in [3.05, 3.63) is 65.5 Å². The molecule has 2 aromatic carbocycles. The molecular weight excluding hydrogens is 347 g/mol. The van der Waals surface area contributed by atoms with Gasteiger partial charge < -0.3 is 9.64 Å². The molecule has 2 aromatic rings. The van der Waals surface area contributed by atoms with Gasteiger partial charge in [-0.25, -0.2) is 14.0 Å². The Morgan fingerprint density at radius 3 is 2.22 bits per heavy atom. The van der Waals surface area contributed by atoms with Crippen LogP contribution in [0.4, 0.5) is 14.9 Å². The molecule has 0 unspecified atom stereocenters. The third kappa shape index (κ3) is 4.64. The highest BCUT2D eigenvalue weighted by molar-refractivity contribution is 5.92. The molecule has 1 aliphatic heterocycles. The van der Waals surface area contributed by atoms with E-state index in [9.17, 15) is 14.0 Å². The van der Waals surface area contributed by atoms with E-state index in [1.165, 1.54) is 19.2 Å². The first-order valence-corrected chi connectivity index (χ1v) is 9.08. The van der Waals surface area contributed by atoms with E-state index in [0.29, 0.717) is 17.8 Å². The molecule has 27 heavy (non-hydrogen) atoms. The number of nitrogens with zero attached hydrogens (tertiary/aromatic N) is 2. The van der Waals surface area contributed by atoms with Gasteiger partial charge in [0, 0.05) is 18.8 Å². The van der Waals surface area contributed by atoms with Gasteiger partial charge in [0.15, 0.2) is 0 Å². The van der Waals surface area contributed by atoms with E-state index in [1.54, 1.807) is 41.3 Å². The Kier molecular flexibility index (Phi) is 6.06. The molecule has 142 valence electrons. The predicted octanol–water partition coefficient (Wildman–Crippen LogP) is 4.22. The fraction of sp³-hybridized carbons (Fsp3) is 0.333. The van der Waals surface area contributed by atoms with Crippen LogP contribution in [0.25, 0.3) is 0 Å². The molecule has 0 aliphatic carbocycles. The van der Waals surface area contributed by atoms with Crippen LogP contribution in [0.5, 0.6) is 0 Å². The smallest absolute Gasteiger partial charge is 0.337 e. The number of methoxy groups -OCH3 is 1. The topological polar surface area (TPSA) is 49.9 Å². The molecule has 1 saturated heterocycles. The number of halogens is 1. The SMILES string of the molecule is COC(=O)c1ccc(CN(C(=O)N2CCCCC2)c2ccc(F)cc2)cc1. The summed E-state index contributed by atoms with van der Waals surface area (Å²) < 4.78 is 18.0. The lowest BCUT2D eigenvalue weighted by Crippen LogP contribution is -2.45. The zero-order chi connectivity index (χ0) is 19.2. The summed E-state index contributed by atoms with van der Waals surface area (Å²) >= 11 is 0. The first kappa shape index (κ1) is 18.9. The van der Waals surface area contributed by atoms with Crippen LogP contribution in [0, 0.1) is 5.82 Å². The summed E-state index contributed by atoms with van der Waals surface area (Å²) in [5, 5.41) is 0. The lowest BCUT2D eigenvalue weighted by molar-refractivity contribution is 0.0600. The van der Waals surface area contributed by atoms with Gasteiger partial charge in [-0.15, -0.1) is 0 Å². The summed E-state index contributed by atoms with van der Waals surface area (Å²) in [5.41, 5.74) is 1.97. The Morgan fingerprint density at radius 2 is 1.63 bits per heavy atom. The van der Waals surface area contributed by atoms with Crippen molar-refractivity contribution in [1.82, 2.24) is 4.90 Å². The third-order valence-corrected chi connectivity index (χ3v) is 4.71. The van der Waals surface area contributed by atoms with Crippen molar-refractivity contribution in [1.29, 1.82) is 0 Å². The number of esters is 1. The number of likely N-dealkylation sites (tertiary alicyclic amines) is 1. The second-order valence-corrected chi connectivity index (χ2v) is 6.58. The maximum Gasteiger partial charge on any atom is 0.337 e. The zero-order valence-corrected chi connectivity index (χ0v) is 15.4. The molecule has 0 N–H and O–H groups in total. The van der Waals surface area contributed by atoms with Gasteiger partial charge in [-0.1, -0.05) is 12.1 Å². The van der Waals surface area contributed by atoms with Crippen LogP contribution in [0.3, 0.4) is 0 Å². The van der Waals surface area contributed by atoms with Crippen molar-refractivity contribution in [3.8, 4) is 0 Å². The van der Waals surface area contributed by atoms with Crippen molar-refractivity contribution in [2.45, 2.75) is 25.8 Å². The molecule has 0 bridgehead atoms. The van der Waals surface area contributed by atoms with Gasteiger partial charge in [0.25, 0.3) is 0 Å². The maximum atomic E-state index is 13.3. The Hall–Kier alpha value is -2.89. The largest absolute Gasteiger partial charge is 0.465 e. The van der Waals surface area contributed by atoms with E-state index in [1.807, 2.05) is 4.90 Å². The number of hydrogen-bond donors (Lipinski definition) is 0. The van der Waals surface area contributed by atoms with E-state index >= 15 is 0 Å². The highest BCUT2D eigenvalue weighted by Crippen LogP contribution is 2.22. The quantitative estimate of drug-likeness (QED) is 0.757. The highest BCUT2D eigenvalue weighted by Gasteiger charge is 2.24. The number of carbonyl (C=O) groups excluding carboxylic acids is 2. The molecule has 1 fully saturated rings. The molecule has 2 amide bonds. The number of amides is 2. The van der Waals surface area contributed by atoms with E-state index in [0.717, 1.165) is 37.9 Å². The van der Waals surface area contributed by atoms with Crippen molar-refractivity contribution in [2.75, 3.05) is 25.1 Å². The van der Waals surface area contributed by atoms with E-state index in [-0.39, 0.29) is 11.8 Å². The van der Waals surface area contributed by atoms with Gasteiger partial charge in [0.1, 0.15) is 5.82 Å². The predicted molar refractivity (Wildman–Crippen MR) is 101 cm³/mol. The number of carbonyl (C=O) groups is 2. The second-order valence-electron chi connectivity index (χ2n) is 6.58. The van der Waals surface area contributed by atoms with Crippen LogP contribution >= 0.6 is 0 Å². The monoisotopic (exact) mass is 370 g/mol. The summed E-state index contributed by atoms with van der Waals surface area (Å²) in [7, 11) is 1.34. The fourth-order valence-electron chi connectivity index (χ4n) is 3.19. The van der Waals surface area contributed by atoms with E-state index in [4.69, 9.17) is 4.74 Å². The number of ether oxygens (including phenoxy) is 1. The van der Waals surface area contributed by atoms with Gasteiger partial charge in [-0.05, 0) is 61.2 Å². The molecule has 5 nitrogen and oxygen atoms in total. The van der Waals surface area contributed by atoms with Crippen molar-refractivity contribution in [3.63, 3.8) is 0 Å². The Morgan fingerprint density at radius 1 is 1.00 bits per heavy atom.